The van der Waals surface area contributed by atoms with Crippen molar-refractivity contribution in [2.75, 3.05) is 6.54 Å². The second-order valence-electron chi connectivity index (χ2n) is 5.90. The largest absolute Gasteiger partial charge is 0.393 e. The molecule has 2 nitrogen and oxygen atoms in total. The molecule has 3 atom stereocenters. The summed E-state index contributed by atoms with van der Waals surface area (Å²) in [6.45, 7) is 5.87. The Morgan fingerprint density at radius 2 is 1.87 bits per heavy atom. The van der Waals surface area contributed by atoms with Crippen molar-refractivity contribution in [3.63, 3.8) is 0 Å². The Morgan fingerprint density at radius 1 is 1.13 bits per heavy atom. The normalized spacial score (nSPS) is 46.2. The molecule has 0 heterocycles. The van der Waals surface area contributed by atoms with Gasteiger partial charge in [0.2, 0.25) is 0 Å². The van der Waals surface area contributed by atoms with E-state index in [1.54, 1.807) is 0 Å². The Kier molecular flexibility index (Phi) is 3.68. The van der Waals surface area contributed by atoms with Gasteiger partial charge in [-0.1, -0.05) is 20.3 Å². The van der Waals surface area contributed by atoms with Gasteiger partial charge < -0.3 is 10.4 Å². The molecule has 0 spiro atoms. The number of aliphatic hydroxyl groups excluding tert-OH is 1. The molecule has 15 heavy (non-hydrogen) atoms. The van der Waals surface area contributed by atoms with Crippen LogP contribution < -0.4 is 5.32 Å². The lowest BCUT2D eigenvalue weighted by atomic mass is 9.78. The van der Waals surface area contributed by atoms with Gasteiger partial charge in [0.05, 0.1) is 6.10 Å². The first kappa shape index (κ1) is 11.4. The number of hydrogen-bond acceptors (Lipinski definition) is 2. The van der Waals surface area contributed by atoms with Gasteiger partial charge in [-0.05, 0) is 50.0 Å². The number of nitrogens with one attached hydrogen (secondary N) is 1. The molecule has 0 aromatic heterocycles. The van der Waals surface area contributed by atoms with E-state index in [9.17, 15) is 5.11 Å². The smallest absolute Gasteiger partial charge is 0.0546 e. The van der Waals surface area contributed by atoms with E-state index in [1.807, 2.05) is 0 Å². The third kappa shape index (κ3) is 2.94. The number of aliphatic hydroxyl groups is 1. The predicted molar refractivity (Wildman–Crippen MR) is 62.7 cm³/mol. The van der Waals surface area contributed by atoms with Gasteiger partial charge in [-0.15, -0.1) is 0 Å². The summed E-state index contributed by atoms with van der Waals surface area (Å²) in [4.78, 5) is 0. The van der Waals surface area contributed by atoms with Crippen LogP contribution in [-0.4, -0.2) is 23.8 Å². The van der Waals surface area contributed by atoms with Gasteiger partial charge >= 0.3 is 0 Å². The van der Waals surface area contributed by atoms with Crippen molar-refractivity contribution in [3.05, 3.63) is 0 Å². The van der Waals surface area contributed by atoms with Crippen molar-refractivity contribution < 1.29 is 5.11 Å². The molecule has 0 aliphatic heterocycles. The predicted octanol–water partition coefficient (Wildman–Crippen LogP) is 2.17. The lowest BCUT2D eigenvalue weighted by Gasteiger charge is -2.37. The highest BCUT2D eigenvalue weighted by Gasteiger charge is 2.30. The Labute approximate surface area is 93.5 Å². The summed E-state index contributed by atoms with van der Waals surface area (Å²) < 4.78 is 0. The zero-order chi connectivity index (χ0) is 10.8. The average Bonchev–Trinajstić information content (AvgIpc) is 2.16. The summed E-state index contributed by atoms with van der Waals surface area (Å²) in [6, 6.07) is 0.728. The van der Waals surface area contributed by atoms with Crippen LogP contribution in [0.1, 0.15) is 46.0 Å². The maximum absolute atomic E-state index is 9.22. The molecule has 2 N–H and O–H groups in total. The van der Waals surface area contributed by atoms with Gasteiger partial charge in [0.1, 0.15) is 0 Å². The molecule has 88 valence electrons. The molecule has 0 bridgehead atoms. The third-order valence-electron chi connectivity index (χ3n) is 4.34. The second-order valence-corrected chi connectivity index (χ2v) is 5.90. The number of rotatable bonds is 3. The summed E-state index contributed by atoms with van der Waals surface area (Å²) in [5.74, 6) is 2.47. The lowest BCUT2D eigenvalue weighted by Crippen LogP contribution is -2.44. The van der Waals surface area contributed by atoms with Crippen LogP contribution in [0.5, 0.6) is 0 Å². The van der Waals surface area contributed by atoms with Gasteiger partial charge in [-0.3, -0.25) is 0 Å². The first-order valence-corrected chi connectivity index (χ1v) is 6.56. The summed E-state index contributed by atoms with van der Waals surface area (Å²) in [5.41, 5.74) is 0. The van der Waals surface area contributed by atoms with E-state index in [1.165, 1.54) is 19.3 Å². The first-order chi connectivity index (χ1) is 7.15. The molecular formula is C13H25NO. The molecule has 2 saturated carbocycles. The number of hydrogen-bond donors (Lipinski definition) is 2. The molecule has 2 fully saturated rings. The van der Waals surface area contributed by atoms with Crippen LogP contribution in [0.25, 0.3) is 0 Å². The molecule has 3 unspecified atom stereocenters. The molecule has 2 aliphatic rings. The SMILES string of the molecule is CC1CCC(C)C(NCC2CC(O)C2)C1. The quantitative estimate of drug-likeness (QED) is 0.750. The van der Waals surface area contributed by atoms with Crippen LogP contribution in [0, 0.1) is 17.8 Å². The second kappa shape index (κ2) is 4.84. The van der Waals surface area contributed by atoms with Gasteiger partial charge in [0.25, 0.3) is 0 Å². The van der Waals surface area contributed by atoms with E-state index in [4.69, 9.17) is 0 Å². The monoisotopic (exact) mass is 211 g/mol. The lowest BCUT2D eigenvalue weighted by molar-refractivity contribution is 0.0395. The average molecular weight is 211 g/mol. The molecule has 0 saturated heterocycles. The topological polar surface area (TPSA) is 32.3 Å². The minimum absolute atomic E-state index is 0.000460. The van der Waals surface area contributed by atoms with Crippen LogP contribution in [0.2, 0.25) is 0 Å². The van der Waals surface area contributed by atoms with E-state index < -0.39 is 0 Å². The van der Waals surface area contributed by atoms with Gasteiger partial charge in [-0.25, -0.2) is 0 Å². The third-order valence-corrected chi connectivity index (χ3v) is 4.34. The van der Waals surface area contributed by atoms with Crippen LogP contribution in [0.15, 0.2) is 0 Å². The minimum Gasteiger partial charge on any atom is -0.393 e. The highest BCUT2D eigenvalue weighted by molar-refractivity contribution is 4.85. The maximum Gasteiger partial charge on any atom is 0.0546 e. The van der Waals surface area contributed by atoms with E-state index in [2.05, 4.69) is 19.2 Å². The van der Waals surface area contributed by atoms with Crippen molar-refractivity contribution in [1.82, 2.24) is 5.32 Å². The molecule has 0 aromatic carbocycles. The molecule has 0 radical (unpaired) electrons. The van der Waals surface area contributed by atoms with E-state index >= 15 is 0 Å². The van der Waals surface area contributed by atoms with Gasteiger partial charge in [0.15, 0.2) is 0 Å². The van der Waals surface area contributed by atoms with Crippen LogP contribution in [0.4, 0.5) is 0 Å². The van der Waals surface area contributed by atoms with Gasteiger partial charge in [-0.2, -0.15) is 0 Å². The van der Waals surface area contributed by atoms with Crippen molar-refractivity contribution >= 4 is 0 Å². The highest BCUT2D eigenvalue weighted by atomic mass is 16.3. The van der Waals surface area contributed by atoms with E-state index in [0.717, 1.165) is 43.2 Å². The fraction of sp³-hybridized carbons (Fsp3) is 1.00. The molecule has 2 aliphatic carbocycles. The molecule has 0 aromatic rings. The summed E-state index contributed by atoms with van der Waals surface area (Å²) >= 11 is 0. The van der Waals surface area contributed by atoms with Crippen molar-refractivity contribution in [2.45, 2.75) is 58.1 Å². The standard InChI is InChI=1S/C13H25NO/c1-9-3-4-10(2)13(5-9)14-8-11-6-12(15)7-11/h9-15H,3-8H2,1-2H3. The Balaban J connectivity index is 1.68. The van der Waals surface area contributed by atoms with Crippen LogP contribution in [0.3, 0.4) is 0 Å². The molecule has 2 rings (SSSR count). The highest BCUT2D eigenvalue weighted by Crippen LogP contribution is 2.30. The Bertz CT molecular complexity index is 201. The van der Waals surface area contributed by atoms with Gasteiger partial charge in [0, 0.05) is 6.04 Å². The molecule has 0 amide bonds. The van der Waals surface area contributed by atoms with E-state index in [-0.39, 0.29) is 6.10 Å². The summed E-state index contributed by atoms with van der Waals surface area (Å²) in [7, 11) is 0. The molecular weight excluding hydrogens is 186 g/mol. The fourth-order valence-electron chi connectivity index (χ4n) is 3.00. The maximum atomic E-state index is 9.22. The fourth-order valence-corrected chi connectivity index (χ4v) is 3.00. The summed E-state index contributed by atoms with van der Waals surface area (Å²) in [5, 5.41) is 12.9. The van der Waals surface area contributed by atoms with Crippen LogP contribution in [-0.2, 0) is 0 Å². The zero-order valence-corrected chi connectivity index (χ0v) is 10.1. The minimum atomic E-state index is -0.000460. The first-order valence-electron chi connectivity index (χ1n) is 6.56. The van der Waals surface area contributed by atoms with Crippen molar-refractivity contribution in [1.29, 1.82) is 0 Å². The Morgan fingerprint density at radius 3 is 2.53 bits per heavy atom. The molecule has 2 heteroatoms. The van der Waals surface area contributed by atoms with E-state index in [0.29, 0.717) is 0 Å². The summed E-state index contributed by atoms with van der Waals surface area (Å²) in [6.07, 6.45) is 6.16. The van der Waals surface area contributed by atoms with Crippen molar-refractivity contribution in [3.8, 4) is 0 Å². The van der Waals surface area contributed by atoms with Crippen molar-refractivity contribution in [2.24, 2.45) is 17.8 Å². The Hall–Kier alpha value is -0.0800. The van der Waals surface area contributed by atoms with Crippen LogP contribution >= 0.6 is 0 Å². The zero-order valence-electron chi connectivity index (χ0n) is 10.1.